The third-order valence-corrected chi connectivity index (χ3v) is 6.92. The molecule has 2 aromatic carbocycles. The Balaban J connectivity index is 2.07. The van der Waals surface area contributed by atoms with Gasteiger partial charge in [0.25, 0.3) is 0 Å². The Hall–Kier alpha value is -1.76. The van der Waals surface area contributed by atoms with E-state index in [1.54, 1.807) is 24.3 Å². The fourth-order valence-corrected chi connectivity index (χ4v) is 5.78. The summed E-state index contributed by atoms with van der Waals surface area (Å²) in [6, 6.07) is 13.5. The van der Waals surface area contributed by atoms with Crippen LogP contribution in [-0.2, 0) is 9.84 Å². The van der Waals surface area contributed by atoms with Gasteiger partial charge in [-0.2, -0.15) is 0 Å². The van der Waals surface area contributed by atoms with Crippen LogP contribution in [0.3, 0.4) is 0 Å². The molecule has 1 aliphatic carbocycles. The second-order valence-electron chi connectivity index (χ2n) is 5.86. The van der Waals surface area contributed by atoms with E-state index in [1.165, 1.54) is 30.3 Å². The van der Waals surface area contributed by atoms with Gasteiger partial charge in [0, 0.05) is 11.3 Å². The van der Waals surface area contributed by atoms with E-state index in [9.17, 15) is 23.0 Å². The molecule has 23 heavy (non-hydrogen) atoms. The fraction of sp³-hybridized carbons (Fsp3) is 0.294. The van der Waals surface area contributed by atoms with Crippen molar-refractivity contribution in [3.05, 3.63) is 66.0 Å². The monoisotopic (exact) mass is 336 g/mol. The molecule has 122 valence electrons. The van der Waals surface area contributed by atoms with Gasteiger partial charge in [-0.15, -0.1) is 0 Å². The van der Waals surface area contributed by atoms with Crippen LogP contribution in [0.1, 0.15) is 11.5 Å². The summed E-state index contributed by atoms with van der Waals surface area (Å²) in [6.07, 6.45) is 0. The topological polar surface area (TPSA) is 74.6 Å². The number of hydrogen-bond donors (Lipinski definition) is 2. The predicted octanol–water partition coefficient (Wildman–Crippen LogP) is 1.74. The second-order valence-corrected chi connectivity index (χ2v) is 7.93. The quantitative estimate of drug-likeness (QED) is 0.872. The second kappa shape index (κ2) is 5.70. The first-order valence-corrected chi connectivity index (χ1v) is 8.78. The van der Waals surface area contributed by atoms with Gasteiger partial charge in [-0.3, -0.25) is 0 Å². The van der Waals surface area contributed by atoms with Gasteiger partial charge in [-0.1, -0.05) is 30.3 Å². The molecule has 2 N–H and O–H groups in total. The van der Waals surface area contributed by atoms with Gasteiger partial charge in [0.15, 0.2) is 9.84 Å². The molecule has 6 heteroatoms. The normalized spacial score (nSPS) is 22.7. The predicted molar refractivity (Wildman–Crippen MR) is 83.2 cm³/mol. The molecule has 1 aliphatic rings. The van der Waals surface area contributed by atoms with Crippen molar-refractivity contribution in [1.82, 2.24) is 0 Å². The van der Waals surface area contributed by atoms with Crippen LogP contribution in [-0.4, -0.2) is 37.1 Å². The lowest BCUT2D eigenvalue weighted by Gasteiger charge is -2.11. The Bertz CT molecular complexity index is 800. The molecule has 0 unspecified atom stereocenters. The van der Waals surface area contributed by atoms with Crippen LogP contribution in [0.15, 0.2) is 59.5 Å². The molecule has 0 aliphatic heterocycles. The first-order chi connectivity index (χ1) is 11.0. The van der Waals surface area contributed by atoms with Crippen LogP contribution in [0, 0.1) is 11.2 Å². The van der Waals surface area contributed by atoms with Crippen LogP contribution in [0.2, 0.25) is 0 Å². The average molecular weight is 336 g/mol. The molecular formula is C17H17FO4S. The zero-order valence-corrected chi connectivity index (χ0v) is 13.1. The molecule has 0 radical (unpaired) electrons. The van der Waals surface area contributed by atoms with Gasteiger partial charge >= 0.3 is 0 Å². The molecule has 2 aromatic rings. The molecule has 4 nitrogen and oxygen atoms in total. The highest BCUT2D eigenvalue weighted by atomic mass is 32.2. The molecule has 1 saturated carbocycles. The van der Waals surface area contributed by atoms with Gasteiger partial charge in [-0.05, 0) is 29.8 Å². The fourth-order valence-electron chi connectivity index (χ4n) is 3.33. The summed E-state index contributed by atoms with van der Waals surface area (Å²) in [6.45, 7) is -0.969. The van der Waals surface area contributed by atoms with Gasteiger partial charge in [0.1, 0.15) is 5.82 Å². The minimum absolute atomic E-state index is 0.134. The van der Waals surface area contributed by atoms with Crippen molar-refractivity contribution >= 4 is 9.84 Å². The lowest BCUT2D eigenvalue weighted by Crippen LogP contribution is -2.22. The van der Waals surface area contributed by atoms with E-state index < -0.39 is 45.5 Å². The molecule has 0 aromatic heterocycles. The van der Waals surface area contributed by atoms with Crippen molar-refractivity contribution < 1.29 is 23.0 Å². The molecule has 0 heterocycles. The maximum Gasteiger partial charge on any atom is 0.182 e. The Morgan fingerprint density at radius 3 is 2.22 bits per heavy atom. The van der Waals surface area contributed by atoms with Gasteiger partial charge in [0.2, 0.25) is 0 Å². The maximum atomic E-state index is 13.5. The summed E-state index contributed by atoms with van der Waals surface area (Å²) in [4.78, 5) is 0.134. The summed E-state index contributed by atoms with van der Waals surface area (Å²) < 4.78 is 39.2. The standard InChI is InChI=1S/C17H17FO4S/c18-13-6-4-5-12(9-13)15-16(17(15,10-19)11-20)23(21,22)14-7-2-1-3-8-14/h1-9,15-16,19-20H,10-11H2/t15-,16+/m0/s1. The van der Waals surface area contributed by atoms with Crippen molar-refractivity contribution in [3.63, 3.8) is 0 Å². The van der Waals surface area contributed by atoms with E-state index in [1.807, 2.05) is 0 Å². The minimum atomic E-state index is -3.75. The lowest BCUT2D eigenvalue weighted by molar-refractivity contribution is 0.130. The SMILES string of the molecule is O=S(=O)(c1ccccc1)[C@@H]1[C@H](c2cccc(F)c2)C1(CO)CO. The molecule has 0 amide bonds. The number of halogens is 1. The van der Waals surface area contributed by atoms with E-state index in [4.69, 9.17) is 0 Å². The Kier molecular flexibility index (Phi) is 4.00. The highest BCUT2D eigenvalue weighted by Crippen LogP contribution is 2.63. The van der Waals surface area contributed by atoms with E-state index in [0.29, 0.717) is 5.56 Å². The van der Waals surface area contributed by atoms with Crippen LogP contribution < -0.4 is 0 Å². The van der Waals surface area contributed by atoms with Crippen LogP contribution in [0.5, 0.6) is 0 Å². The van der Waals surface area contributed by atoms with Crippen molar-refractivity contribution in [3.8, 4) is 0 Å². The largest absolute Gasteiger partial charge is 0.396 e. The van der Waals surface area contributed by atoms with E-state index >= 15 is 0 Å². The summed E-state index contributed by atoms with van der Waals surface area (Å²) in [5.41, 5.74) is -0.722. The van der Waals surface area contributed by atoms with E-state index in [2.05, 4.69) is 0 Å². The Labute approximate surface area is 134 Å². The summed E-state index contributed by atoms with van der Waals surface area (Å²) >= 11 is 0. The first kappa shape index (κ1) is 16.1. The minimum Gasteiger partial charge on any atom is -0.396 e. The summed E-state index contributed by atoms with van der Waals surface area (Å²) in [7, 11) is -3.75. The van der Waals surface area contributed by atoms with Gasteiger partial charge in [0.05, 0.1) is 23.4 Å². The maximum absolute atomic E-state index is 13.5. The van der Waals surface area contributed by atoms with Crippen molar-refractivity contribution in [2.24, 2.45) is 5.41 Å². The van der Waals surface area contributed by atoms with Crippen LogP contribution >= 0.6 is 0 Å². The first-order valence-electron chi connectivity index (χ1n) is 7.23. The summed E-state index contributed by atoms with van der Waals surface area (Å²) in [5.74, 6) is -1.12. The molecule has 2 atom stereocenters. The number of benzene rings is 2. The number of sulfone groups is 1. The molecular weight excluding hydrogens is 319 g/mol. The highest BCUT2D eigenvalue weighted by Gasteiger charge is 2.70. The third-order valence-electron chi connectivity index (χ3n) is 4.58. The van der Waals surface area contributed by atoms with E-state index in [-0.39, 0.29) is 4.90 Å². The van der Waals surface area contributed by atoms with Crippen LogP contribution in [0.25, 0.3) is 0 Å². The number of rotatable bonds is 5. The van der Waals surface area contributed by atoms with Crippen LogP contribution in [0.4, 0.5) is 4.39 Å². The Morgan fingerprint density at radius 2 is 1.65 bits per heavy atom. The van der Waals surface area contributed by atoms with Crippen molar-refractivity contribution in [2.75, 3.05) is 13.2 Å². The third kappa shape index (κ3) is 2.47. The lowest BCUT2D eigenvalue weighted by atomic mass is 10.0. The average Bonchev–Trinajstić information content (AvgIpc) is 3.26. The molecule has 0 saturated heterocycles. The zero-order chi connectivity index (χ0) is 16.7. The smallest absolute Gasteiger partial charge is 0.182 e. The van der Waals surface area contributed by atoms with E-state index in [0.717, 1.165) is 0 Å². The van der Waals surface area contributed by atoms with Crippen molar-refractivity contribution in [2.45, 2.75) is 16.1 Å². The summed E-state index contributed by atoms with van der Waals surface area (Å²) in [5, 5.41) is 18.5. The van der Waals surface area contributed by atoms with Gasteiger partial charge in [-0.25, -0.2) is 12.8 Å². The molecule has 3 rings (SSSR count). The number of aliphatic hydroxyl groups excluding tert-OH is 2. The molecule has 1 fully saturated rings. The number of hydrogen-bond acceptors (Lipinski definition) is 4. The number of aliphatic hydroxyl groups is 2. The van der Waals surface area contributed by atoms with Crippen molar-refractivity contribution in [1.29, 1.82) is 0 Å². The molecule has 0 spiro atoms. The highest BCUT2D eigenvalue weighted by molar-refractivity contribution is 7.92. The zero-order valence-electron chi connectivity index (χ0n) is 12.3. The molecule has 0 bridgehead atoms. The Morgan fingerprint density at radius 1 is 1.00 bits per heavy atom. The van der Waals surface area contributed by atoms with Gasteiger partial charge < -0.3 is 10.2 Å².